The first-order valence-corrected chi connectivity index (χ1v) is 5.52. The summed E-state index contributed by atoms with van der Waals surface area (Å²) in [5.41, 5.74) is 1.06. The van der Waals surface area contributed by atoms with Crippen molar-refractivity contribution in [1.82, 2.24) is 15.5 Å². The number of nitrogens with one attached hydrogen (secondary N) is 2. The monoisotopic (exact) mass is 269 g/mol. The fourth-order valence-electron chi connectivity index (χ4n) is 1.31. The van der Waals surface area contributed by atoms with Gasteiger partial charge in [-0.15, -0.1) is 0 Å². The van der Waals surface area contributed by atoms with Crippen molar-refractivity contribution in [2.24, 2.45) is 0 Å². The molecule has 0 aliphatic rings. The summed E-state index contributed by atoms with van der Waals surface area (Å²) in [5, 5.41) is 10.1. The first-order chi connectivity index (χ1) is 7.25. The topological polar surface area (TPSA) is 53.9 Å². The van der Waals surface area contributed by atoms with Crippen LogP contribution in [0.15, 0.2) is 33.5 Å². The molecule has 0 amide bonds. The van der Waals surface area contributed by atoms with Gasteiger partial charge in [-0.2, -0.15) is 5.10 Å². The molecule has 4 nitrogen and oxygen atoms in total. The van der Waals surface area contributed by atoms with Crippen LogP contribution < -0.4 is 5.32 Å². The number of rotatable bonds is 4. The predicted octanol–water partition coefficient (Wildman–Crippen LogP) is 2.62. The average molecular weight is 270 g/mol. The number of furan rings is 1. The molecular formula is C10H12BrN3O. The Labute approximate surface area is 96.2 Å². The van der Waals surface area contributed by atoms with E-state index in [4.69, 9.17) is 4.42 Å². The maximum absolute atomic E-state index is 5.44. The summed E-state index contributed by atoms with van der Waals surface area (Å²) in [6.07, 6.45) is 1.74. The van der Waals surface area contributed by atoms with E-state index >= 15 is 0 Å². The Balaban J connectivity index is 1.90. The van der Waals surface area contributed by atoms with Gasteiger partial charge < -0.3 is 9.73 Å². The second-order valence-corrected chi connectivity index (χ2v) is 4.11. The third kappa shape index (κ3) is 2.70. The summed E-state index contributed by atoms with van der Waals surface area (Å²) < 4.78 is 6.20. The lowest BCUT2D eigenvalue weighted by Gasteiger charge is -2.09. The first kappa shape index (κ1) is 10.4. The van der Waals surface area contributed by atoms with Crippen molar-refractivity contribution >= 4 is 15.9 Å². The molecule has 5 heteroatoms. The summed E-state index contributed by atoms with van der Waals surface area (Å²) in [6.45, 7) is 2.81. The van der Waals surface area contributed by atoms with Gasteiger partial charge in [0.2, 0.25) is 0 Å². The van der Waals surface area contributed by atoms with E-state index in [1.54, 1.807) is 6.20 Å². The van der Waals surface area contributed by atoms with Gasteiger partial charge in [0.25, 0.3) is 0 Å². The molecule has 2 aromatic heterocycles. The van der Waals surface area contributed by atoms with Crippen LogP contribution in [0.4, 0.5) is 0 Å². The lowest BCUT2D eigenvalue weighted by molar-refractivity contribution is 0.416. The normalized spacial score (nSPS) is 12.9. The van der Waals surface area contributed by atoms with Gasteiger partial charge in [0.05, 0.1) is 6.04 Å². The molecule has 0 saturated carbocycles. The quantitative estimate of drug-likeness (QED) is 0.897. The maximum atomic E-state index is 5.44. The Kier molecular flexibility index (Phi) is 3.23. The van der Waals surface area contributed by atoms with Gasteiger partial charge in [-0.1, -0.05) is 0 Å². The molecular weight excluding hydrogens is 258 g/mol. The minimum absolute atomic E-state index is 0.180. The summed E-state index contributed by atoms with van der Waals surface area (Å²) in [6, 6.07) is 5.97. The van der Waals surface area contributed by atoms with Crippen molar-refractivity contribution < 1.29 is 4.42 Å². The Morgan fingerprint density at radius 1 is 1.53 bits per heavy atom. The third-order valence-electron chi connectivity index (χ3n) is 2.18. The second kappa shape index (κ2) is 4.63. The molecule has 0 saturated heterocycles. The van der Waals surface area contributed by atoms with Crippen molar-refractivity contribution in [2.75, 3.05) is 0 Å². The Morgan fingerprint density at radius 3 is 3.00 bits per heavy atom. The lowest BCUT2D eigenvalue weighted by atomic mass is 10.2. The smallest absolute Gasteiger partial charge is 0.169 e. The Morgan fingerprint density at radius 2 is 2.40 bits per heavy atom. The molecule has 0 bridgehead atoms. The summed E-state index contributed by atoms with van der Waals surface area (Å²) in [4.78, 5) is 0. The van der Waals surface area contributed by atoms with E-state index < -0.39 is 0 Å². The minimum atomic E-state index is 0.180. The van der Waals surface area contributed by atoms with Gasteiger partial charge >= 0.3 is 0 Å². The van der Waals surface area contributed by atoms with E-state index in [0.717, 1.165) is 22.7 Å². The second-order valence-electron chi connectivity index (χ2n) is 3.33. The first-order valence-electron chi connectivity index (χ1n) is 4.72. The fraction of sp³-hybridized carbons (Fsp3) is 0.300. The molecule has 2 heterocycles. The standard InChI is InChI=1S/C10H12BrN3O/c1-7(9-2-3-10(11)15-9)12-6-8-4-5-13-14-8/h2-5,7,12H,6H2,1H3,(H,13,14). The summed E-state index contributed by atoms with van der Waals surface area (Å²) >= 11 is 3.28. The van der Waals surface area contributed by atoms with Crippen LogP contribution in [0.25, 0.3) is 0 Å². The highest BCUT2D eigenvalue weighted by Crippen LogP contribution is 2.20. The number of H-pyrrole nitrogens is 1. The number of halogens is 1. The number of aromatic nitrogens is 2. The molecule has 1 atom stereocenters. The van der Waals surface area contributed by atoms with Gasteiger partial charge in [0.15, 0.2) is 4.67 Å². The molecule has 2 rings (SSSR count). The minimum Gasteiger partial charge on any atom is -0.453 e. The number of aromatic amines is 1. The van der Waals surface area contributed by atoms with Crippen molar-refractivity contribution in [2.45, 2.75) is 19.5 Å². The van der Waals surface area contributed by atoms with E-state index in [0.29, 0.717) is 0 Å². The van der Waals surface area contributed by atoms with Crippen LogP contribution in [-0.2, 0) is 6.54 Å². The average Bonchev–Trinajstić information content (AvgIpc) is 2.84. The van der Waals surface area contributed by atoms with E-state index in [1.165, 1.54) is 0 Å². The van der Waals surface area contributed by atoms with Crippen molar-refractivity contribution in [3.63, 3.8) is 0 Å². The molecule has 2 N–H and O–H groups in total. The number of hydrogen-bond acceptors (Lipinski definition) is 3. The highest BCUT2D eigenvalue weighted by molar-refractivity contribution is 9.10. The fourth-order valence-corrected chi connectivity index (χ4v) is 1.63. The van der Waals surface area contributed by atoms with Crippen molar-refractivity contribution in [3.8, 4) is 0 Å². The SMILES string of the molecule is CC(NCc1ccn[nH]1)c1ccc(Br)o1. The van der Waals surface area contributed by atoms with Crippen molar-refractivity contribution in [1.29, 1.82) is 0 Å². The molecule has 0 spiro atoms. The number of nitrogens with zero attached hydrogens (tertiary/aromatic N) is 1. The van der Waals surface area contributed by atoms with Gasteiger partial charge in [-0.25, -0.2) is 0 Å². The van der Waals surface area contributed by atoms with Crippen LogP contribution >= 0.6 is 15.9 Å². The lowest BCUT2D eigenvalue weighted by Crippen LogP contribution is -2.17. The van der Waals surface area contributed by atoms with Crippen LogP contribution in [0.3, 0.4) is 0 Å². The zero-order valence-corrected chi connectivity index (χ0v) is 9.91. The summed E-state index contributed by atoms with van der Waals surface area (Å²) in [7, 11) is 0. The van der Waals surface area contributed by atoms with Crippen LogP contribution in [0, 0.1) is 0 Å². The molecule has 0 radical (unpaired) electrons. The van der Waals surface area contributed by atoms with E-state index in [9.17, 15) is 0 Å². The van der Waals surface area contributed by atoms with Gasteiger partial charge in [0, 0.05) is 18.4 Å². The van der Waals surface area contributed by atoms with E-state index in [2.05, 4.69) is 38.4 Å². The highest BCUT2D eigenvalue weighted by Gasteiger charge is 2.09. The van der Waals surface area contributed by atoms with Crippen LogP contribution in [0.1, 0.15) is 24.4 Å². The molecule has 1 unspecified atom stereocenters. The van der Waals surface area contributed by atoms with Gasteiger partial charge in [0.1, 0.15) is 5.76 Å². The summed E-state index contributed by atoms with van der Waals surface area (Å²) in [5.74, 6) is 0.918. The molecule has 0 aromatic carbocycles. The largest absolute Gasteiger partial charge is 0.453 e. The zero-order chi connectivity index (χ0) is 10.7. The van der Waals surface area contributed by atoms with Crippen molar-refractivity contribution in [3.05, 3.63) is 40.5 Å². The highest BCUT2D eigenvalue weighted by atomic mass is 79.9. The van der Waals surface area contributed by atoms with Crippen LogP contribution in [0.5, 0.6) is 0 Å². The Bertz CT molecular complexity index is 410. The maximum Gasteiger partial charge on any atom is 0.169 e. The van der Waals surface area contributed by atoms with Gasteiger partial charge in [-0.05, 0) is 41.1 Å². The Hall–Kier alpha value is -1.07. The van der Waals surface area contributed by atoms with Crippen LogP contribution in [0.2, 0.25) is 0 Å². The predicted molar refractivity (Wildman–Crippen MR) is 60.3 cm³/mol. The third-order valence-corrected chi connectivity index (χ3v) is 2.60. The van der Waals surface area contributed by atoms with Gasteiger partial charge in [-0.3, -0.25) is 5.10 Å². The molecule has 80 valence electrons. The van der Waals surface area contributed by atoms with E-state index in [-0.39, 0.29) is 6.04 Å². The molecule has 0 aliphatic carbocycles. The molecule has 0 aliphatic heterocycles. The molecule has 0 fully saturated rings. The zero-order valence-electron chi connectivity index (χ0n) is 8.33. The van der Waals surface area contributed by atoms with Crippen LogP contribution in [-0.4, -0.2) is 10.2 Å². The van der Waals surface area contributed by atoms with E-state index in [1.807, 2.05) is 18.2 Å². The number of hydrogen-bond donors (Lipinski definition) is 2. The molecule has 2 aromatic rings. The molecule has 15 heavy (non-hydrogen) atoms.